The molecule has 0 saturated carbocycles. The lowest BCUT2D eigenvalue weighted by Gasteiger charge is -2.08. The van der Waals surface area contributed by atoms with Crippen LogP contribution >= 0.6 is 11.8 Å². The van der Waals surface area contributed by atoms with E-state index in [0.29, 0.717) is 5.92 Å². The number of hydrogen-bond acceptors (Lipinski definition) is 1. The first kappa shape index (κ1) is 8.89. The van der Waals surface area contributed by atoms with Crippen LogP contribution < -0.4 is 0 Å². The topological polar surface area (TPSA) is 0 Å². The monoisotopic (exact) mass is 190 g/mol. The quantitative estimate of drug-likeness (QED) is 0.650. The van der Waals surface area contributed by atoms with E-state index in [9.17, 15) is 0 Å². The van der Waals surface area contributed by atoms with Crippen LogP contribution in [0, 0.1) is 12.8 Å². The first-order chi connectivity index (χ1) is 6.27. The third kappa shape index (κ3) is 1.80. The van der Waals surface area contributed by atoms with Gasteiger partial charge < -0.3 is 0 Å². The minimum Gasteiger partial charge on any atom is -0.133 e. The van der Waals surface area contributed by atoms with Crippen LogP contribution in [0.15, 0.2) is 29.7 Å². The summed E-state index contributed by atoms with van der Waals surface area (Å²) in [6, 6.07) is 8.82. The van der Waals surface area contributed by atoms with E-state index in [1.807, 2.05) is 11.8 Å². The Hall–Kier alpha value is -0.690. The van der Waals surface area contributed by atoms with Crippen molar-refractivity contribution in [1.29, 1.82) is 0 Å². The molecular formula is C12H14S. The molecule has 1 aromatic carbocycles. The van der Waals surface area contributed by atoms with Crippen LogP contribution in [-0.4, -0.2) is 5.75 Å². The van der Waals surface area contributed by atoms with E-state index >= 15 is 0 Å². The van der Waals surface area contributed by atoms with Gasteiger partial charge in [-0.2, -0.15) is 0 Å². The Labute approximate surface area is 84.0 Å². The molecule has 0 nitrogen and oxygen atoms in total. The summed E-state index contributed by atoms with van der Waals surface area (Å²) in [5, 5.41) is 2.30. The highest BCUT2D eigenvalue weighted by Crippen LogP contribution is 2.34. The van der Waals surface area contributed by atoms with Crippen LogP contribution in [0.5, 0.6) is 0 Å². The smallest absolute Gasteiger partial charge is 0.00409 e. The first-order valence-corrected chi connectivity index (χ1v) is 5.71. The molecule has 0 radical (unpaired) electrons. The van der Waals surface area contributed by atoms with Crippen molar-refractivity contribution in [1.82, 2.24) is 0 Å². The second-order valence-electron chi connectivity index (χ2n) is 3.67. The molecule has 0 spiro atoms. The molecule has 1 unspecified atom stereocenters. The normalized spacial score (nSPS) is 21.7. The highest BCUT2D eigenvalue weighted by molar-refractivity contribution is 8.02. The van der Waals surface area contributed by atoms with Gasteiger partial charge in [0.05, 0.1) is 0 Å². The minimum absolute atomic E-state index is 0.715. The summed E-state index contributed by atoms with van der Waals surface area (Å²) in [6.45, 7) is 4.43. The SMILES string of the molecule is Cc1ccc(C2=CSCC2C)cc1. The average Bonchev–Trinajstić information content (AvgIpc) is 2.53. The molecule has 1 aliphatic heterocycles. The number of allylic oxidation sites excluding steroid dienone is 1. The zero-order chi connectivity index (χ0) is 9.26. The summed E-state index contributed by atoms with van der Waals surface area (Å²) in [5.41, 5.74) is 4.23. The number of hydrogen-bond donors (Lipinski definition) is 0. The Kier molecular flexibility index (Phi) is 2.45. The Morgan fingerprint density at radius 3 is 2.46 bits per heavy atom. The maximum absolute atomic E-state index is 2.30. The van der Waals surface area contributed by atoms with Gasteiger partial charge in [0.2, 0.25) is 0 Å². The van der Waals surface area contributed by atoms with Gasteiger partial charge in [-0.15, -0.1) is 11.8 Å². The Bertz CT molecular complexity index is 321. The second-order valence-corrected chi connectivity index (χ2v) is 4.58. The molecule has 0 aromatic heterocycles. The van der Waals surface area contributed by atoms with Crippen molar-refractivity contribution >= 4 is 17.3 Å². The van der Waals surface area contributed by atoms with Crippen molar-refractivity contribution in [3.8, 4) is 0 Å². The van der Waals surface area contributed by atoms with E-state index in [4.69, 9.17) is 0 Å². The van der Waals surface area contributed by atoms with Crippen LogP contribution in [-0.2, 0) is 0 Å². The molecule has 13 heavy (non-hydrogen) atoms. The van der Waals surface area contributed by atoms with Gasteiger partial charge in [0.15, 0.2) is 0 Å². The molecule has 1 heteroatoms. The highest BCUT2D eigenvalue weighted by Gasteiger charge is 2.15. The second kappa shape index (κ2) is 3.59. The number of thioether (sulfide) groups is 1. The van der Waals surface area contributed by atoms with E-state index in [-0.39, 0.29) is 0 Å². The van der Waals surface area contributed by atoms with E-state index < -0.39 is 0 Å². The molecule has 68 valence electrons. The molecule has 2 rings (SSSR count). The molecule has 0 fully saturated rings. The van der Waals surface area contributed by atoms with E-state index in [2.05, 4.69) is 43.5 Å². The van der Waals surface area contributed by atoms with Crippen molar-refractivity contribution in [3.63, 3.8) is 0 Å². The summed E-state index contributed by atoms with van der Waals surface area (Å²) < 4.78 is 0. The standard InChI is InChI=1S/C12H14S/c1-9-3-5-11(6-4-9)12-8-13-7-10(12)2/h3-6,8,10H,7H2,1-2H3. The van der Waals surface area contributed by atoms with Crippen molar-refractivity contribution in [2.24, 2.45) is 5.92 Å². The summed E-state index contributed by atoms with van der Waals surface area (Å²) in [5.74, 6) is 1.95. The predicted molar refractivity (Wildman–Crippen MR) is 60.8 cm³/mol. The summed E-state index contributed by atoms with van der Waals surface area (Å²) >= 11 is 1.93. The van der Waals surface area contributed by atoms with Crippen molar-refractivity contribution in [2.75, 3.05) is 5.75 Å². The number of benzene rings is 1. The molecule has 0 amide bonds. The molecular weight excluding hydrogens is 176 g/mol. The number of aryl methyl sites for hydroxylation is 1. The average molecular weight is 190 g/mol. The maximum Gasteiger partial charge on any atom is 0.00409 e. The third-order valence-corrected chi connectivity index (χ3v) is 3.59. The fourth-order valence-electron chi connectivity index (χ4n) is 1.59. The molecule has 1 atom stereocenters. The van der Waals surface area contributed by atoms with Crippen LogP contribution in [0.25, 0.3) is 5.57 Å². The molecule has 0 N–H and O–H groups in total. The first-order valence-electron chi connectivity index (χ1n) is 4.66. The summed E-state index contributed by atoms with van der Waals surface area (Å²) in [6.07, 6.45) is 0. The van der Waals surface area contributed by atoms with Crippen LogP contribution in [0.1, 0.15) is 18.1 Å². The van der Waals surface area contributed by atoms with Crippen LogP contribution in [0.2, 0.25) is 0 Å². The molecule has 0 aliphatic carbocycles. The van der Waals surface area contributed by atoms with Crippen molar-refractivity contribution in [2.45, 2.75) is 13.8 Å². The van der Waals surface area contributed by atoms with Gasteiger partial charge in [0.1, 0.15) is 0 Å². The largest absolute Gasteiger partial charge is 0.133 e. The van der Waals surface area contributed by atoms with Gasteiger partial charge in [-0.1, -0.05) is 36.8 Å². The lowest BCUT2D eigenvalue weighted by molar-refractivity contribution is 0.883. The minimum atomic E-state index is 0.715. The van der Waals surface area contributed by atoms with Crippen LogP contribution in [0.3, 0.4) is 0 Å². The Morgan fingerprint density at radius 1 is 1.23 bits per heavy atom. The van der Waals surface area contributed by atoms with Crippen molar-refractivity contribution < 1.29 is 0 Å². The zero-order valence-corrected chi connectivity index (χ0v) is 8.90. The van der Waals surface area contributed by atoms with Gasteiger partial charge in [-0.25, -0.2) is 0 Å². The maximum atomic E-state index is 2.30. The highest BCUT2D eigenvalue weighted by atomic mass is 32.2. The molecule has 1 aliphatic rings. The summed E-state index contributed by atoms with van der Waals surface area (Å²) in [4.78, 5) is 0. The van der Waals surface area contributed by atoms with E-state index in [0.717, 1.165) is 0 Å². The van der Waals surface area contributed by atoms with Gasteiger partial charge >= 0.3 is 0 Å². The lowest BCUT2D eigenvalue weighted by Crippen LogP contribution is -1.95. The molecule has 1 aromatic rings. The third-order valence-electron chi connectivity index (χ3n) is 2.47. The van der Waals surface area contributed by atoms with Gasteiger partial charge in [-0.05, 0) is 29.4 Å². The molecule has 0 bridgehead atoms. The summed E-state index contributed by atoms with van der Waals surface area (Å²) in [7, 11) is 0. The van der Waals surface area contributed by atoms with Crippen molar-refractivity contribution in [3.05, 3.63) is 40.8 Å². The van der Waals surface area contributed by atoms with Gasteiger partial charge in [-0.3, -0.25) is 0 Å². The Balaban J connectivity index is 2.30. The molecule has 0 saturated heterocycles. The Morgan fingerprint density at radius 2 is 1.92 bits per heavy atom. The van der Waals surface area contributed by atoms with Crippen LogP contribution in [0.4, 0.5) is 0 Å². The van der Waals surface area contributed by atoms with E-state index in [1.165, 1.54) is 22.5 Å². The van der Waals surface area contributed by atoms with Gasteiger partial charge in [0.25, 0.3) is 0 Å². The molecule has 1 heterocycles. The van der Waals surface area contributed by atoms with E-state index in [1.54, 1.807) is 0 Å². The predicted octanol–water partition coefficient (Wildman–Crippen LogP) is 3.72. The zero-order valence-electron chi connectivity index (χ0n) is 8.08. The lowest BCUT2D eigenvalue weighted by atomic mass is 9.96. The number of rotatable bonds is 1. The fraction of sp³-hybridized carbons (Fsp3) is 0.333. The van der Waals surface area contributed by atoms with Gasteiger partial charge in [0, 0.05) is 5.75 Å². The fourth-order valence-corrected chi connectivity index (χ4v) is 2.70.